The van der Waals surface area contributed by atoms with Gasteiger partial charge < -0.3 is 14.4 Å². The number of nitrogens with zero attached hydrogens (tertiary/aromatic N) is 5. The van der Waals surface area contributed by atoms with Gasteiger partial charge in [0, 0.05) is 43.8 Å². The van der Waals surface area contributed by atoms with Crippen molar-refractivity contribution in [2.75, 3.05) is 5.32 Å². The van der Waals surface area contributed by atoms with Crippen molar-refractivity contribution in [1.82, 2.24) is 24.7 Å². The number of nitrogens with one attached hydrogen (secondary N) is 1. The lowest BCUT2D eigenvalue weighted by Crippen LogP contribution is -2.18. The summed E-state index contributed by atoms with van der Waals surface area (Å²) < 4.78 is 7.35. The predicted octanol–water partition coefficient (Wildman–Crippen LogP) is 2.63. The monoisotopic (exact) mass is 352 g/mol. The fraction of sp³-hybridized carbons (Fsp3) is 0.389. The average molecular weight is 352 g/mol. The number of aromatic nitrogens is 5. The first kappa shape index (κ1) is 16.4. The van der Waals surface area contributed by atoms with E-state index in [1.54, 1.807) is 18.6 Å². The molecule has 1 amide bonds. The van der Waals surface area contributed by atoms with Gasteiger partial charge in [0.2, 0.25) is 17.6 Å². The molecule has 0 fully saturated rings. The third kappa shape index (κ3) is 3.63. The van der Waals surface area contributed by atoms with Crippen molar-refractivity contribution in [3.05, 3.63) is 42.4 Å². The molecule has 1 aliphatic rings. The van der Waals surface area contributed by atoms with Crippen molar-refractivity contribution in [3.63, 3.8) is 0 Å². The van der Waals surface area contributed by atoms with Crippen LogP contribution in [0.15, 0.2) is 35.2 Å². The molecular formula is C18H20N6O2. The van der Waals surface area contributed by atoms with Gasteiger partial charge in [-0.2, -0.15) is 4.98 Å². The SMILES string of the molecule is O=C(CCCc1nc(-c2ccncc2)no1)Nc1cnc2n1CCCC2. The maximum Gasteiger partial charge on any atom is 0.226 e. The minimum absolute atomic E-state index is 0.0212. The summed E-state index contributed by atoms with van der Waals surface area (Å²) in [4.78, 5) is 24.9. The number of anilines is 1. The molecule has 4 heterocycles. The highest BCUT2D eigenvalue weighted by molar-refractivity contribution is 5.89. The molecule has 0 saturated carbocycles. The molecule has 0 radical (unpaired) electrons. The maximum absolute atomic E-state index is 12.2. The van der Waals surface area contributed by atoms with Crippen LogP contribution in [0.2, 0.25) is 0 Å². The van der Waals surface area contributed by atoms with E-state index >= 15 is 0 Å². The zero-order valence-electron chi connectivity index (χ0n) is 14.4. The second kappa shape index (κ2) is 7.47. The van der Waals surface area contributed by atoms with Gasteiger partial charge in [-0.15, -0.1) is 0 Å². The summed E-state index contributed by atoms with van der Waals surface area (Å²) in [5.74, 6) is 2.90. The van der Waals surface area contributed by atoms with Crippen molar-refractivity contribution >= 4 is 11.7 Å². The van der Waals surface area contributed by atoms with Crippen LogP contribution in [-0.2, 0) is 24.2 Å². The Bertz CT molecular complexity index is 886. The second-order valence-corrected chi connectivity index (χ2v) is 6.32. The fourth-order valence-electron chi connectivity index (χ4n) is 3.10. The first-order valence-corrected chi connectivity index (χ1v) is 8.87. The van der Waals surface area contributed by atoms with Crippen LogP contribution < -0.4 is 5.32 Å². The van der Waals surface area contributed by atoms with Crippen LogP contribution in [0.4, 0.5) is 5.82 Å². The third-order valence-corrected chi connectivity index (χ3v) is 4.44. The van der Waals surface area contributed by atoms with Gasteiger partial charge >= 0.3 is 0 Å². The molecule has 134 valence electrons. The summed E-state index contributed by atoms with van der Waals surface area (Å²) in [5.41, 5.74) is 0.859. The highest BCUT2D eigenvalue weighted by Gasteiger charge is 2.16. The van der Waals surface area contributed by atoms with Gasteiger partial charge in [-0.05, 0) is 31.4 Å². The quantitative estimate of drug-likeness (QED) is 0.732. The Kier molecular flexibility index (Phi) is 4.72. The molecule has 0 spiro atoms. The number of imidazole rings is 1. The Labute approximate surface area is 150 Å². The Balaban J connectivity index is 1.28. The normalized spacial score (nSPS) is 13.4. The molecule has 0 bridgehead atoms. The number of fused-ring (bicyclic) bond motifs is 1. The molecular weight excluding hydrogens is 332 g/mol. The van der Waals surface area contributed by atoms with E-state index in [9.17, 15) is 4.79 Å². The maximum atomic E-state index is 12.2. The van der Waals surface area contributed by atoms with Crippen molar-refractivity contribution in [1.29, 1.82) is 0 Å². The van der Waals surface area contributed by atoms with Crippen molar-refractivity contribution < 1.29 is 9.32 Å². The summed E-state index contributed by atoms with van der Waals surface area (Å²) in [6, 6.07) is 3.66. The molecule has 3 aromatic heterocycles. The molecule has 8 heteroatoms. The van der Waals surface area contributed by atoms with Crippen LogP contribution >= 0.6 is 0 Å². The number of hydrogen-bond donors (Lipinski definition) is 1. The summed E-state index contributed by atoms with van der Waals surface area (Å²) in [7, 11) is 0. The van der Waals surface area contributed by atoms with E-state index in [4.69, 9.17) is 4.52 Å². The van der Waals surface area contributed by atoms with Gasteiger partial charge in [-0.3, -0.25) is 9.78 Å². The molecule has 8 nitrogen and oxygen atoms in total. The van der Waals surface area contributed by atoms with E-state index in [0.717, 1.165) is 43.0 Å². The Morgan fingerprint density at radius 2 is 2.15 bits per heavy atom. The molecule has 3 aromatic rings. The van der Waals surface area contributed by atoms with Crippen LogP contribution in [0.25, 0.3) is 11.4 Å². The number of carbonyl (C=O) groups is 1. The van der Waals surface area contributed by atoms with Crippen LogP contribution in [0.1, 0.15) is 37.4 Å². The van der Waals surface area contributed by atoms with Crippen molar-refractivity contribution in [3.8, 4) is 11.4 Å². The number of pyridine rings is 1. The molecule has 4 rings (SSSR count). The van der Waals surface area contributed by atoms with E-state index in [0.29, 0.717) is 31.0 Å². The Morgan fingerprint density at radius 3 is 3.04 bits per heavy atom. The summed E-state index contributed by atoms with van der Waals surface area (Å²) in [5, 5.41) is 6.92. The minimum Gasteiger partial charge on any atom is -0.339 e. The molecule has 1 aliphatic heterocycles. The molecule has 0 aliphatic carbocycles. The van der Waals surface area contributed by atoms with Gasteiger partial charge in [-0.1, -0.05) is 5.16 Å². The summed E-state index contributed by atoms with van der Waals surface area (Å²) in [6.07, 6.45) is 9.99. The largest absolute Gasteiger partial charge is 0.339 e. The molecule has 0 atom stereocenters. The smallest absolute Gasteiger partial charge is 0.226 e. The second-order valence-electron chi connectivity index (χ2n) is 6.32. The van der Waals surface area contributed by atoms with Crippen LogP contribution in [-0.4, -0.2) is 30.6 Å². The molecule has 1 N–H and O–H groups in total. The van der Waals surface area contributed by atoms with E-state index in [2.05, 4.69) is 30.0 Å². The third-order valence-electron chi connectivity index (χ3n) is 4.44. The fourth-order valence-corrected chi connectivity index (χ4v) is 3.10. The summed E-state index contributed by atoms with van der Waals surface area (Å²) in [6.45, 7) is 0.921. The number of aryl methyl sites for hydroxylation is 2. The lowest BCUT2D eigenvalue weighted by atomic mass is 10.2. The Morgan fingerprint density at radius 1 is 1.27 bits per heavy atom. The zero-order chi connectivity index (χ0) is 17.8. The van der Waals surface area contributed by atoms with Crippen molar-refractivity contribution in [2.24, 2.45) is 0 Å². The van der Waals surface area contributed by atoms with Gasteiger partial charge in [0.25, 0.3) is 0 Å². The zero-order valence-corrected chi connectivity index (χ0v) is 14.4. The topological polar surface area (TPSA) is 98.7 Å². The number of hydrogen-bond acceptors (Lipinski definition) is 6. The number of rotatable bonds is 6. The lowest BCUT2D eigenvalue weighted by Gasteiger charge is -2.16. The van der Waals surface area contributed by atoms with E-state index in [1.165, 1.54) is 0 Å². The highest BCUT2D eigenvalue weighted by Crippen LogP contribution is 2.20. The predicted molar refractivity (Wildman–Crippen MR) is 94.3 cm³/mol. The van der Waals surface area contributed by atoms with E-state index in [-0.39, 0.29) is 5.91 Å². The van der Waals surface area contributed by atoms with Crippen molar-refractivity contribution in [2.45, 2.75) is 45.1 Å². The molecule has 0 saturated heterocycles. The van der Waals surface area contributed by atoms with Gasteiger partial charge in [0.15, 0.2) is 0 Å². The highest BCUT2D eigenvalue weighted by atomic mass is 16.5. The summed E-state index contributed by atoms with van der Waals surface area (Å²) >= 11 is 0. The van der Waals surface area contributed by atoms with Gasteiger partial charge in [0.1, 0.15) is 11.6 Å². The van der Waals surface area contributed by atoms with Gasteiger partial charge in [-0.25, -0.2) is 4.98 Å². The number of amides is 1. The van der Waals surface area contributed by atoms with E-state index < -0.39 is 0 Å². The van der Waals surface area contributed by atoms with Crippen LogP contribution in [0.5, 0.6) is 0 Å². The first-order chi connectivity index (χ1) is 12.8. The lowest BCUT2D eigenvalue weighted by molar-refractivity contribution is -0.116. The van der Waals surface area contributed by atoms with Gasteiger partial charge in [0.05, 0.1) is 6.20 Å². The minimum atomic E-state index is -0.0212. The van der Waals surface area contributed by atoms with Crippen LogP contribution in [0.3, 0.4) is 0 Å². The molecule has 26 heavy (non-hydrogen) atoms. The first-order valence-electron chi connectivity index (χ1n) is 8.87. The average Bonchev–Trinajstić information content (AvgIpc) is 3.30. The van der Waals surface area contributed by atoms with E-state index in [1.807, 2.05) is 12.1 Å². The number of carbonyl (C=O) groups excluding carboxylic acids is 1. The Hall–Kier alpha value is -3.03. The van der Waals surface area contributed by atoms with Crippen LogP contribution in [0, 0.1) is 0 Å². The standard InChI is InChI=1S/C18H20N6O2/c25-16(21-15-12-20-14-4-1-2-11-24(14)15)5-3-6-17-22-18(23-26-17)13-7-9-19-10-8-13/h7-10,12H,1-6,11H2,(H,21,25). The molecule has 0 aromatic carbocycles. The molecule has 0 unspecified atom stereocenters.